The van der Waals surface area contributed by atoms with E-state index in [0.29, 0.717) is 5.56 Å². The van der Waals surface area contributed by atoms with Crippen LogP contribution in [-0.4, -0.2) is 22.1 Å². The molecule has 138 valence electrons. The average molecular weight is 359 g/mol. The number of carboxylic acids is 1. The SMILES string of the molecule is CC(C)c1cc(C(=O)Nc2ccc(C(=O)O)c(F)c2)c(O)c(C(C)C)c1. The molecular formula is C20H22FNO4. The number of phenols is 1. The van der Waals surface area contributed by atoms with Gasteiger partial charge in [-0.25, -0.2) is 9.18 Å². The lowest BCUT2D eigenvalue weighted by molar-refractivity contribution is 0.0691. The van der Waals surface area contributed by atoms with Gasteiger partial charge in [0.1, 0.15) is 11.6 Å². The van der Waals surface area contributed by atoms with Gasteiger partial charge in [0.2, 0.25) is 0 Å². The molecule has 0 aliphatic heterocycles. The monoisotopic (exact) mass is 359 g/mol. The van der Waals surface area contributed by atoms with E-state index in [1.165, 1.54) is 6.07 Å². The number of rotatable bonds is 5. The molecule has 0 heterocycles. The van der Waals surface area contributed by atoms with Crippen LogP contribution in [0.15, 0.2) is 30.3 Å². The number of phenolic OH excluding ortho intramolecular Hbond substituents is 1. The zero-order chi connectivity index (χ0) is 19.6. The average Bonchev–Trinajstić information content (AvgIpc) is 2.54. The van der Waals surface area contributed by atoms with Gasteiger partial charge in [0.15, 0.2) is 0 Å². The first kappa shape index (κ1) is 19.4. The fraction of sp³-hybridized carbons (Fsp3) is 0.300. The second kappa shape index (κ2) is 7.56. The standard InChI is InChI=1S/C20H22FNO4/c1-10(2)12-7-15(11(3)4)18(23)16(8-12)19(24)22-13-5-6-14(20(25)26)17(21)9-13/h5-11,23H,1-4H3,(H,22,24)(H,25,26). The van der Waals surface area contributed by atoms with Gasteiger partial charge in [0, 0.05) is 5.69 Å². The second-order valence-electron chi connectivity index (χ2n) is 6.77. The maximum atomic E-state index is 13.8. The third kappa shape index (κ3) is 4.02. The topological polar surface area (TPSA) is 86.6 Å². The Morgan fingerprint density at radius 3 is 2.15 bits per heavy atom. The normalized spacial score (nSPS) is 11.0. The van der Waals surface area contributed by atoms with Crippen LogP contribution >= 0.6 is 0 Å². The van der Waals surface area contributed by atoms with Crippen molar-refractivity contribution in [1.29, 1.82) is 0 Å². The van der Waals surface area contributed by atoms with E-state index in [1.54, 1.807) is 6.07 Å². The zero-order valence-electron chi connectivity index (χ0n) is 15.1. The third-order valence-electron chi connectivity index (χ3n) is 4.15. The van der Waals surface area contributed by atoms with Crippen molar-refractivity contribution in [3.05, 3.63) is 58.4 Å². The minimum absolute atomic E-state index is 0.0209. The van der Waals surface area contributed by atoms with Gasteiger partial charge in [-0.3, -0.25) is 4.79 Å². The lowest BCUT2D eigenvalue weighted by Gasteiger charge is -2.17. The quantitative estimate of drug-likeness (QED) is 0.720. The van der Waals surface area contributed by atoms with Crippen molar-refractivity contribution in [2.75, 3.05) is 5.32 Å². The maximum absolute atomic E-state index is 13.8. The summed E-state index contributed by atoms with van der Waals surface area (Å²) in [4.78, 5) is 23.5. The molecule has 0 unspecified atom stereocenters. The minimum atomic E-state index is -1.38. The lowest BCUT2D eigenvalue weighted by Crippen LogP contribution is -2.14. The highest BCUT2D eigenvalue weighted by Gasteiger charge is 2.20. The van der Waals surface area contributed by atoms with Gasteiger partial charge >= 0.3 is 5.97 Å². The summed E-state index contributed by atoms with van der Waals surface area (Å²) in [7, 11) is 0. The Labute approximate surface area is 151 Å². The van der Waals surface area contributed by atoms with Gasteiger partial charge in [-0.1, -0.05) is 33.8 Å². The number of carboxylic acid groups (broad SMARTS) is 1. The van der Waals surface area contributed by atoms with Gasteiger partial charge in [-0.2, -0.15) is 0 Å². The van der Waals surface area contributed by atoms with Crippen LogP contribution in [0.2, 0.25) is 0 Å². The summed E-state index contributed by atoms with van der Waals surface area (Å²) in [6.45, 7) is 7.80. The van der Waals surface area contributed by atoms with Crippen molar-refractivity contribution in [3.8, 4) is 5.75 Å². The molecule has 0 radical (unpaired) electrons. The predicted octanol–water partition coefficient (Wildman–Crippen LogP) is 4.73. The molecule has 0 saturated heterocycles. The minimum Gasteiger partial charge on any atom is -0.507 e. The molecule has 2 aromatic rings. The number of anilines is 1. The fourth-order valence-electron chi connectivity index (χ4n) is 2.59. The summed E-state index contributed by atoms with van der Waals surface area (Å²) in [6.07, 6.45) is 0. The number of nitrogens with one attached hydrogen (secondary N) is 1. The molecule has 1 amide bonds. The molecule has 2 rings (SSSR count). The first-order valence-corrected chi connectivity index (χ1v) is 8.32. The first-order valence-electron chi connectivity index (χ1n) is 8.32. The van der Waals surface area contributed by atoms with E-state index in [-0.39, 0.29) is 28.8 Å². The molecule has 2 aromatic carbocycles. The second-order valence-corrected chi connectivity index (χ2v) is 6.77. The number of aromatic hydroxyl groups is 1. The number of halogens is 1. The number of amides is 1. The Hall–Kier alpha value is -2.89. The largest absolute Gasteiger partial charge is 0.507 e. The summed E-state index contributed by atoms with van der Waals surface area (Å²) >= 11 is 0. The number of carbonyl (C=O) groups excluding carboxylic acids is 1. The summed E-state index contributed by atoms with van der Waals surface area (Å²) in [5.41, 5.74) is 1.30. The van der Waals surface area contributed by atoms with Crippen LogP contribution in [0, 0.1) is 5.82 Å². The molecule has 0 aromatic heterocycles. The zero-order valence-corrected chi connectivity index (χ0v) is 15.1. The van der Waals surface area contributed by atoms with Gasteiger partial charge in [0.25, 0.3) is 5.91 Å². The van der Waals surface area contributed by atoms with Crippen molar-refractivity contribution < 1.29 is 24.2 Å². The molecule has 0 bridgehead atoms. The molecular weight excluding hydrogens is 337 g/mol. The summed E-state index contributed by atoms with van der Waals surface area (Å²) in [6, 6.07) is 6.81. The van der Waals surface area contributed by atoms with Crippen LogP contribution in [0.3, 0.4) is 0 Å². The molecule has 0 spiro atoms. The Kier molecular flexibility index (Phi) is 5.65. The summed E-state index contributed by atoms with van der Waals surface area (Å²) in [5, 5.41) is 21.8. The number of aromatic carboxylic acids is 1. The van der Waals surface area contributed by atoms with E-state index in [1.807, 2.05) is 33.8 Å². The molecule has 0 fully saturated rings. The van der Waals surface area contributed by atoms with Gasteiger partial charge in [-0.15, -0.1) is 0 Å². The number of carbonyl (C=O) groups is 2. The van der Waals surface area contributed by atoms with E-state index in [9.17, 15) is 19.1 Å². The van der Waals surface area contributed by atoms with Gasteiger partial charge < -0.3 is 15.5 Å². The first-order chi connectivity index (χ1) is 12.1. The van der Waals surface area contributed by atoms with E-state index in [0.717, 1.165) is 17.7 Å². The van der Waals surface area contributed by atoms with E-state index in [2.05, 4.69) is 5.32 Å². The molecule has 0 aliphatic rings. The van der Waals surface area contributed by atoms with Crippen LogP contribution in [0.25, 0.3) is 0 Å². The highest BCUT2D eigenvalue weighted by atomic mass is 19.1. The lowest BCUT2D eigenvalue weighted by atomic mass is 9.91. The van der Waals surface area contributed by atoms with Crippen LogP contribution in [-0.2, 0) is 0 Å². The molecule has 5 nitrogen and oxygen atoms in total. The Bertz CT molecular complexity index is 859. The van der Waals surface area contributed by atoms with Crippen LogP contribution in [0.5, 0.6) is 5.75 Å². The predicted molar refractivity (Wildman–Crippen MR) is 97.6 cm³/mol. The summed E-state index contributed by atoms with van der Waals surface area (Å²) < 4.78 is 13.8. The molecule has 3 N–H and O–H groups in total. The molecule has 26 heavy (non-hydrogen) atoms. The van der Waals surface area contributed by atoms with E-state index < -0.39 is 23.3 Å². The molecule has 0 saturated carbocycles. The van der Waals surface area contributed by atoms with Crippen molar-refractivity contribution in [2.45, 2.75) is 39.5 Å². The number of hydrogen-bond acceptors (Lipinski definition) is 3. The highest BCUT2D eigenvalue weighted by molar-refractivity contribution is 6.06. The molecule has 0 aliphatic carbocycles. The Morgan fingerprint density at radius 2 is 1.65 bits per heavy atom. The van der Waals surface area contributed by atoms with E-state index in [4.69, 9.17) is 5.11 Å². The van der Waals surface area contributed by atoms with Crippen molar-refractivity contribution >= 4 is 17.6 Å². The van der Waals surface area contributed by atoms with Crippen LogP contribution < -0.4 is 5.32 Å². The van der Waals surface area contributed by atoms with Crippen molar-refractivity contribution in [2.24, 2.45) is 0 Å². The van der Waals surface area contributed by atoms with Crippen molar-refractivity contribution in [3.63, 3.8) is 0 Å². The smallest absolute Gasteiger partial charge is 0.338 e. The number of benzene rings is 2. The summed E-state index contributed by atoms with van der Waals surface area (Å²) in [5.74, 6) is -2.85. The highest BCUT2D eigenvalue weighted by Crippen LogP contribution is 2.33. The third-order valence-corrected chi connectivity index (χ3v) is 4.15. The van der Waals surface area contributed by atoms with Crippen LogP contribution in [0.4, 0.5) is 10.1 Å². The van der Waals surface area contributed by atoms with Gasteiger partial charge in [0.05, 0.1) is 11.1 Å². The van der Waals surface area contributed by atoms with Crippen molar-refractivity contribution in [1.82, 2.24) is 0 Å². The molecule has 6 heteroatoms. The number of hydrogen-bond donors (Lipinski definition) is 3. The Balaban J connectivity index is 2.40. The van der Waals surface area contributed by atoms with Gasteiger partial charge in [-0.05, 0) is 47.2 Å². The maximum Gasteiger partial charge on any atom is 0.338 e. The van der Waals surface area contributed by atoms with Crippen LogP contribution in [0.1, 0.15) is 71.4 Å². The fourth-order valence-corrected chi connectivity index (χ4v) is 2.59. The Morgan fingerprint density at radius 1 is 1.00 bits per heavy atom. The van der Waals surface area contributed by atoms with E-state index >= 15 is 0 Å². The molecule has 0 atom stereocenters.